The molecule has 2 aromatic rings. The molecule has 0 aliphatic rings. The zero-order chi connectivity index (χ0) is 18.2. The molecule has 2 rings (SSSR count). The number of ether oxygens (including phenoxy) is 1. The Labute approximate surface area is 163 Å². The van der Waals surface area contributed by atoms with Gasteiger partial charge in [0.2, 0.25) is 5.91 Å². The van der Waals surface area contributed by atoms with E-state index in [9.17, 15) is 4.79 Å². The van der Waals surface area contributed by atoms with Crippen molar-refractivity contribution in [2.75, 3.05) is 5.75 Å². The van der Waals surface area contributed by atoms with E-state index in [1.54, 1.807) is 12.1 Å². The second kappa shape index (κ2) is 9.95. The molecule has 25 heavy (non-hydrogen) atoms. The number of benzene rings is 2. The highest BCUT2D eigenvalue weighted by Crippen LogP contribution is 2.24. The van der Waals surface area contributed by atoms with E-state index < -0.39 is 0 Å². The summed E-state index contributed by atoms with van der Waals surface area (Å²) < 4.78 is 5.66. The Kier molecular flexibility index (Phi) is 7.94. The zero-order valence-corrected chi connectivity index (χ0v) is 16.5. The first-order valence-electron chi connectivity index (χ1n) is 7.98. The maximum Gasteiger partial charge on any atom is 0.230 e. The summed E-state index contributed by atoms with van der Waals surface area (Å²) in [5, 5.41) is 4.16. The van der Waals surface area contributed by atoms with Crippen molar-refractivity contribution in [2.45, 2.75) is 32.2 Å². The van der Waals surface area contributed by atoms with Gasteiger partial charge in [0, 0.05) is 22.3 Å². The van der Waals surface area contributed by atoms with Crippen LogP contribution in [0.2, 0.25) is 10.0 Å². The molecule has 0 saturated carbocycles. The van der Waals surface area contributed by atoms with Crippen LogP contribution in [0.25, 0.3) is 0 Å². The summed E-state index contributed by atoms with van der Waals surface area (Å²) in [6.45, 7) is 4.45. The van der Waals surface area contributed by atoms with E-state index in [0.717, 1.165) is 16.9 Å². The van der Waals surface area contributed by atoms with Crippen molar-refractivity contribution in [1.29, 1.82) is 0 Å². The molecule has 0 aromatic heterocycles. The largest absolute Gasteiger partial charge is 0.491 e. The zero-order valence-electron chi connectivity index (χ0n) is 14.2. The average Bonchev–Trinajstić information content (AvgIpc) is 2.55. The Hall–Kier alpha value is -1.36. The van der Waals surface area contributed by atoms with E-state index in [2.05, 4.69) is 5.32 Å². The molecule has 0 spiro atoms. The molecule has 6 heteroatoms. The molecule has 0 unspecified atom stereocenters. The van der Waals surface area contributed by atoms with Crippen LogP contribution in [0.15, 0.2) is 42.5 Å². The first kappa shape index (κ1) is 20.0. The standard InChI is InChI=1S/C19H21Cl2NO2S/c1-13(2)24-17-5-3-4-14(8-17)10-22-19(23)12-25-11-15-6-7-16(20)9-18(15)21/h3-9,13H,10-12H2,1-2H3,(H,22,23). The normalized spacial score (nSPS) is 10.8. The van der Waals surface area contributed by atoms with Gasteiger partial charge in [0.05, 0.1) is 11.9 Å². The smallest absolute Gasteiger partial charge is 0.230 e. The Morgan fingerprint density at radius 2 is 2.00 bits per heavy atom. The van der Waals surface area contributed by atoms with Gasteiger partial charge in [0.1, 0.15) is 5.75 Å². The third-order valence-electron chi connectivity index (χ3n) is 3.27. The fourth-order valence-corrected chi connectivity index (χ4v) is 3.56. The molecule has 0 heterocycles. The number of carbonyl (C=O) groups is 1. The van der Waals surface area contributed by atoms with Crippen molar-refractivity contribution in [1.82, 2.24) is 5.32 Å². The Balaban J connectivity index is 1.75. The van der Waals surface area contributed by atoms with E-state index in [4.69, 9.17) is 27.9 Å². The summed E-state index contributed by atoms with van der Waals surface area (Å²) in [5.74, 6) is 1.85. The predicted octanol–water partition coefficient (Wildman–Crippen LogP) is 5.33. The molecule has 0 bridgehead atoms. The van der Waals surface area contributed by atoms with Crippen molar-refractivity contribution < 1.29 is 9.53 Å². The SMILES string of the molecule is CC(C)Oc1cccc(CNC(=O)CSCc2ccc(Cl)cc2Cl)c1. The Morgan fingerprint density at radius 3 is 2.72 bits per heavy atom. The van der Waals surface area contributed by atoms with Crippen LogP contribution in [0, 0.1) is 0 Å². The summed E-state index contributed by atoms with van der Waals surface area (Å²) in [4.78, 5) is 12.0. The lowest BCUT2D eigenvalue weighted by atomic mass is 10.2. The van der Waals surface area contributed by atoms with Crippen molar-refractivity contribution >= 4 is 40.9 Å². The summed E-state index contributed by atoms with van der Waals surface area (Å²) in [6, 6.07) is 13.2. The van der Waals surface area contributed by atoms with E-state index in [1.807, 2.05) is 44.2 Å². The first-order chi connectivity index (χ1) is 11.9. The number of halogens is 2. The monoisotopic (exact) mass is 397 g/mol. The van der Waals surface area contributed by atoms with Gasteiger partial charge in [-0.15, -0.1) is 11.8 Å². The number of amides is 1. The van der Waals surface area contributed by atoms with Crippen LogP contribution in [0.5, 0.6) is 5.75 Å². The molecule has 1 amide bonds. The van der Waals surface area contributed by atoms with E-state index in [-0.39, 0.29) is 12.0 Å². The average molecular weight is 398 g/mol. The summed E-state index contributed by atoms with van der Waals surface area (Å²) in [7, 11) is 0. The topological polar surface area (TPSA) is 38.3 Å². The third kappa shape index (κ3) is 7.18. The maximum atomic E-state index is 12.0. The lowest BCUT2D eigenvalue weighted by molar-refractivity contribution is -0.118. The number of hydrogen-bond donors (Lipinski definition) is 1. The highest BCUT2D eigenvalue weighted by atomic mass is 35.5. The highest BCUT2D eigenvalue weighted by molar-refractivity contribution is 7.99. The molecule has 2 aromatic carbocycles. The molecule has 3 nitrogen and oxygen atoms in total. The van der Waals surface area contributed by atoms with Crippen LogP contribution in [0.1, 0.15) is 25.0 Å². The van der Waals surface area contributed by atoms with Crippen LogP contribution >= 0.6 is 35.0 Å². The van der Waals surface area contributed by atoms with Gasteiger partial charge in [-0.3, -0.25) is 4.79 Å². The Bertz CT molecular complexity index is 722. The van der Waals surface area contributed by atoms with Crippen LogP contribution in [-0.2, 0) is 17.1 Å². The highest BCUT2D eigenvalue weighted by Gasteiger charge is 2.06. The van der Waals surface area contributed by atoms with Crippen molar-refractivity contribution in [3.8, 4) is 5.75 Å². The van der Waals surface area contributed by atoms with Gasteiger partial charge >= 0.3 is 0 Å². The van der Waals surface area contributed by atoms with Gasteiger partial charge < -0.3 is 10.1 Å². The fourth-order valence-electron chi connectivity index (χ4n) is 2.15. The van der Waals surface area contributed by atoms with Crippen molar-refractivity contribution in [2.24, 2.45) is 0 Å². The van der Waals surface area contributed by atoms with Gasteiger partial charge in [-0.25, -0.2) is 0 Å². The van der Waals surface area contributed by atoms with E-state index in [0.29, 0.717) is 28.1 Å². The lowest BCUT2D eigenvalue weighted by Crippen LogP contribution is -2.24. The molecule has 0 radical (unpaired) electrons. The summed E-state index contributed by atoms with van der Waals surface area (Å²) in [5.41, 5.74) is 1.99. The van der Waals surface area contributed by atoms with Crippen LogP contribution in [-0.4, -0.2) is 17.8 Å². The lowest BCUT2D eigenvalue weighted by Gasteiger charge is -2.11. The van der Waals surface area contributed by atoms with Gasteiger partial charge in [-0.2, -0.15) is 0 Å². The first-order valence-corrected chi connectivity index (χ1v) is 9.89. The molecule has 0 atom stereocenters. The number of nitrogens with one attached hydrogen (secondary N) is 1. The molecule has 134 valence electrons. The minimum absolute atomic E-state index is 0.00901. The fraction of sp³-hybridized carbons (Fsp3) is 0.316. The molecule has 0 aliphatic heterocycles. The number of thioether (sulfide) groups is 1. The minimum Gasteiger partial charge on any atom is -0.491 e. The maximum absolute atomic E-state index is 12.0. The summed E-state index contributed by atoms with van der Waals surface area (Å²) in [6.07, 6.45) is 0.126. The van der Waals surface area contributed by atoms with E-state index >= 15 is 0 Å². The van der Waals surface area contributed by atoms with Gasteiger partial charge in [-0.1, -0.05) is 41.4 Å². The number of carbonyl (C=O) groups excluding carboxylic acids is 1. The molecule has 0 saturated heterocycles. The van der Waals surface area contributed by atoms with Crippen LogP contribution in [0.4, 0.5) is 0 Å². The van der Waals surface area contributed by atoms with Gasteiger partial charge in [-0.05, 0) is 49.2 Å². The molecular weight excluding hydrogens is 377 g/mol. The molecular formula is C19H21Cl2NO2S. The third-order valence-corrected chi connectivity index (χ3v) is 4.83. The second-order valence-corrected chi connectivity index (χ2v) is 7.65. The molecule has 0 fully saturated rings. The quantitative estimate of drug-likeness (QED) is 0.653. The summed E-state index contributed by atoms with van der Waals surface area (Å²) >= 11 is 13.5. The molecule has 1 N–H and O–H groups in total. The Morgan fingerprint density at radius 1 is 1.20 bits per heavy atom. The van der Waals surface area contributed by atoms with Gasteiger partial charge in [0.25, 0.3) is 0 Å². The number of rotatable bonds is 8. The van der Waals surface area contributed by atoms with E-state index in [1.165, 1.54) is 11.8 Å². The van der Waals surface area contributed by atoms with Gasteiger partial charge in [0.15, 0.2) is 0 Å². The van der Waals surface area contributed by atoms with Crippen molar-refractivity contribution in [3.05, 3.63) is 63.6 Å². The predicted molar refractivity (Wildman–Crippen MR) is 107 cm³/mol. The van der Waals surface area contributed by atoms with Crippen molar-refractivity contribution in [3.63, 3.8) is 0 Å². The minimum atomic E-state index is -0.00901. The molecule has 0 aliphatic carbocycles. The van der Waals surface area contributed by atoms with Crippen LogP contribution < -0.4 is 10.1 Å². The van der Waals surface area contributed by atoms with Crippen LogP contribution in [0.3, 0.4) is 0 Å². The second-order valence-electron chi connectivity index (χ2n) is 5.82. The number of hydrogen-bond acceptors (Lipinski definition) is 3.